The number of carbonyl (C=O) groups is 1. The molecule has 2 fully saturated rings. The standard InChI is InChI=1S/C19H36N2O/c1-4-5-16-10-12-21(13-11-16)14-17-6-8-18(9-7-17)20-19(22)15(2)3/h15-18H,4-14H2,1-3H3,(H,20,22). The van der Waals surface area contributed by atoms with E-state index in [1.807, 2.05) is 13.8 Å². The van der Waals surface area contributed by atoms with E-state index in [9.17, 15) is 4.79 Å². The van der Waals surface area contributed by atoms with Crippen LogP contribution in [-0.2, 0) is 4.79 Å². The molecular weight excluding hydrogens is 272 g/mol. The van der Waals surface area contributed by atoms with Crippen molar-refractivity contribution in [2.45, 2.75) is 78.2 Å². The fraction of sp³-hybridized carbons (Fsp3) is 0.947. The molecule has 1 amide bonds. The molecule has 1 heterocycles. The quantitative estimate of drug-likeness (QED) is 0.809. The topological polar surface area (TPSA) is 32.3 Å². The van der Waals surface area contributed by atoms with Crippen molar-refractivity contribution in [3.63, 3.8) is 0 Å². The van der Waals surface area contributed by atoms with Crippen molar-refractivity contribution in [2.75, 3.05) is 19.6 Å². The Kier molecular flexibility index (Phi) is 7.20. The Morgan fingerprint density at radius 1 is 1.05 bits per heavy atom. The fourth-order valence-corrected chi connectivity index (χ4v) is 4.09. The highest BCUT2D eigenvalue weighted by molar-refractivity contribution is 5.78. The lowest BCUT2D eigenvalue weighted by molar-refractivity contribution is -0.125. The van der Waals surface area contributed by atoms with Gasteiger partial charge in [-0.25, -0.2) is 0 Å². The van der Waals surface area contributed by atoms with Gasteiger partial charge in [-0.1, -0.05) is 33.6 Å². The van der Waals surface area contributed by atoms with E-state index < -0.39 is 0 Å². The summed E-state index contributed by atoms with van der Waals surface area (Å²) in [7, 11) is 0. The van der Waals surface area contributed by atoms with Crippen LogP contribution in [0.15, 0.2) is 0 Å². The van der Waals surface area contributed by atoms with E-state index in [4.69, 9.17) is 0 Å². The maximum absolute atomic E-state index is 11.8. The number of piperidine rings is 1. The first-order chi connectivity index (χ1) is 10.6. The van der Waals surface area contributed by atoms with Gasteiger partial charge in [-0.05, 0) is 63.5 Å². The van der Waals surface area contributed by atoms with Crippen molar-refractivity contribution in [1.82, 2.24) is 10.2 Å². The molecule has 0 atom stereocenters. The van der Waals surface area contributed by atoms with Gasteiger partial charge in [-0.2, -0.15) is 0 Å². The average molecular weight is 309 g/mol. The summed E-state index contributed by atoms with van der Waals surface area (Å²) >= 11 is 0. The van der Waals surface area contributed by atoms with Gasteiger partial charge >= 0.3 is 0 Å². The number of hydrogen-bond donors (Lipinski definition) is 1. The van der Waals surface area contributed by atoms with Crippen molar-refractivity contribution >= 4 is 5.91 Å². The summed E-state index contributed by atoms with van der Waals surface area (Å²) in [5, 5.41) is 3.21. The molecule has 128 valence electrons. The van der Waals surface area contributed by atoms with Gasteiger partial charge in [0.05, 0.1) is 0 Å². The van der Waals surface area contributed by atoms with Crippen LogP contribution in [0.4, 0.5) is 0 Å². The van der Waals surface area contributed by atoms with Crippen molar-refractivity contribution < 1.29 is 4.79 Å². The minimum atomic E-state index is 0.113. The van der Waals surface area contributed by atoms with Crippen LogP contribution >= 0.6 is 0 Å². The van der Waals surface area contributed by atoms with Crippen molar-refractivity contribution in [3.05, 3.63) is 0 Å². The molecule has 3 heteroatoms. The highest BCUT2D eigenvalue weighted by atomic mass is 16.1. The first-order valence-electron chi connectivity index (χ1n) is 9.61. The normalized spacial score (nSPS) is 28.0. The first kappa shape index (κ1) is 17.8. The highest BCUT2D eigenvalue weighted by Gasteiger charge is 2.26. The average Bonchev–Trinajstić information content (AvgIpc) is 2.51. The second-order valence-electron chi connectivity index (χ2n) is 7.91. The molecule has 0 aromatic heterocycles. The maximum Gasteiger partial charge on any atom is 0.222 e. The molecule has 3 nitrogen and oxygen atoms in total. The fourth-order valence-electron chi connectivity index (χ4n) is 4.09. The molecular formula is C19H36N2O. The van der Waals surface area contributed by atoms with Crippen LogP contribution in [0.3, 0.4) is 0 Å². The second kappa shape index (κ2) is 8.90. The van der Waals surface area contributed by atoms with E-state index in [1.165, 1.54) is 71.0 Å². The van der Waals surface area contributed by atoms with Crippen molar-refractivity contribution in [3.8, 4) is 0 Å². The molecule has 1 N–H and O–H groups in total. The van der Waals surface area contributed by atoms with Crippen molar-refractivity contribution in [2.24, 2.45) is 17.8 Å². The van der Waals surface area contributed by atoms with Gasteiger partial charge in [-0.3, -0.25) is 4.79 Å². The van der Waals surface area contributed by atoms with Crippen LogP contribution in [0, 0.1) is 17.8 Å². The Labute approximate surface area is 137 Å². The van der Waals surface area contributed by atoms with E-state index >= 15 is 0 Å². The zero-order chi connectivity index (χ0) is 15.9. The number of hydrogen-bond acceptors (Lipinski definition) is 2. The summed E-state index contributed by atoms with van der Waals surface area (Å²) in [5.74, 6) is 2.18. The first-order valence-corrected chi connectivity index (χ1v) is 9.61. The number of amides is 1. The number of carbonyl (C=O) groups excluding carboxylic acids is 1. The van der Waals surface area contributed by atoms with Gasteiger partial charge in [-0.15, -0.1) is 0 Å². The van der Waals surface area contributed by atoms with E-state index in [-0.39, 0.29) is 11.8 Å². The molecule has 2 aliphatic rings. The zero-order valence-corrected chi connectivity index (χ0v) is 14.9. The molecule has 2 rings (SSSR count). The molecule has 0 unspecified atom stereocenters. The summed E-state index contributed by atoms with van der Waals surface area (Å²) in [5.41, 5.74) is 0. The minimum Gasteiger partial charge on any atom is -0.353 e. The maximum atomic E-state index is 11.8. The van der Waals surface area contributed by atoms with Crippen LogP contribution in [0.5, 0.6) is 0 Å². The summed E-state index contributed by atoms with van der Waals surface area (Å²) in [6.07, 6.45) is 10.5. The molecule has 22 heavy (non-hydrogen) atoms. The van der Waals surface area contributed by atoms with Gasteiger partial charge in [0.2, 0.25) is 5.91 Å². The van der Waals surface area contributed by atoms with Crippen LogP contribution in [-0.4, -0.2) is 36.5 Å². The Morgan fingerprint density at radius 2 is 1.68 bits per heavy atom. The Morgan fingerprint density at radius 3 is 2.23 bits per heavy atom. The largest absolute Gasteiger partial charge is 0.353 e. The Bertz CT molecular complexity index is 326. The van der Waals surface area contributed by atoms with Crippen LogP contribution < -0.4 is 5.32 Å². The summed E-state index contributed by atoms with van der Waals surface area (Å²) < 4.78 is 0. The molecule has 1 aliphatic heterocycles. The van der Waals surface area contributed by atoms with E-state index in [0.29, 0.717) is 6.04 Å². The second-order valence-corrected chi connectivity index (χ2v) is 7.91. The molecule has 1 aliphatic carbocycles. The molecule has 0 spiro atoms. The predicted octanol–water partition coefficient (Wildman–Crippen LogP) is 3.83. The summed E-state index contributed by atoms with van der Waals surface area (Å²) in [6.45, 7) is 10.2. The van der Waals surface area contributed by atoms with Crippen LogP contribution in [0.1, 0.15) is 72.1 Å². The SMILES string of the molecule is CCCC1CCN(CC2CCC(NC(=O)C(C)C)CC2)CC1. The number of nitrogens with one attached hydrogen (secondary N) is 1. The van der Waals surface area contributed by atoms with Crippen LogP contribution in [0.25, 0.3) is 0 Å². The molecule has 0 aromatic carbocycles. The zero-order valence-electron chi connectivity index (χ0n) is 14.9. The van der Waals surface area contributed by atoms with E-state index in [1.54, 1.807) is 0 Å². The van der Waals surface area contributed by atoms with Crippen molar-refractivity contribution in [1.29, 1.82) is 0 Å². The monoisotopic (exact) mass is 308 g/mol. The van der Waals surface area contributed by atoms with Crippen LogP contribution in [0.2, 0.25) is 0 Å². The lowest BCUT2D eigenvalue weighted by Gasteiger charge is -2.36. The smallest absolute Gasteiger partial charge is 0.222 e. The third-order valence-corrected chi connectivity index (χ3v) is 5.64. The van der Waals surface area contributed by atoms with Gasteiger partial charge < -0.3 is 10.2 Å². The Balaban J connectivity index is 1.63. The minimum absolute atomic E-state index is 0.113. The number of nitrogens with zero attached hydrogens (tertiary/aromatic N) is 1. The number of likely N-dealkylation sites (tertiary alicyclic amines) is 1. The third-order valence-electron chi connectivity index (χ3n) is 5.64. The molecule has 1 saturated carbocycles. The van der Waals surface area contributed by atoms with E-state index in [2.05, 4.69) is 17.1 Å². The Hall–Kier alpha value is -0.570. The van der Waals surface area contributed by atoms with Gasteiger partial charge in [0.25, 0.3) is 0 Å². The van der Waals surface area contributed by atoms with Gasteiger partial charge in [0.15, 0.2) is 0 Å². The number of rotatable bonds is 6. The molecule has 0 bridgehead atoms. The molecule has 0 radical (unpaired) electrons. The third kappa shape index (κ3) is 5.57. The predicted molar refractivity (Wildman–Crippen MR) is 92.8 cm³/mol. The van der Waals surface area contributed by atoms with Gasteiger partial charge in [0.1, 0.15) is 0 Å². The lowest BCUT2D eigenvalue weighted by Crippen LogP contribution is -2.42. The molecule has 0 aromatic rings. The lowest BCUT2D eigenvalue weighted by atomic mass is 9.84. The highest BCUT2D eigenvalue weighted by Crippen LogP contribution is 2.28. The molecule has 1 saturated heterocycles. The van der Waals surface area contributed by atoms with Gasteiger partial charge in [0, 0.05) is 18.5 Å². The van der Waals surface area contributed by atoms with E-state index in [0.717, 1.165) is 11.8 Å². The summed E-state index contributed by atoms with van der Waals surface area (Å²) in [6, 6.07) is 0.432. The summed E-state index contributed by atoms with van der Waals surface area (Å²) in [4.78, 5) is 14.5.